The Morgan fingerprint density at radius 1 is 0.316 bits per heavy atom. The van der Waals surface area contributed by atoms with Gasteiger partial charge < -0.3 is 10.2 Å². The fourth-order valence-corrected chi connectivity index (χ4v) is 5.62. The molecule has 38 heavy (non-hydrogen) atoms. The second-order valence-corrected chi connectivity index (χ2v) is 9.59. The molecular weight excluding hydrogens is 464 g/mol. The van der Waals surface area contributed by atoms with Gasteiger partial charge in [-0.1, -0.05) is 158 Å². The van der Waals surface area contributed by atoms with Crippen LogP contribution in [0.5, 0.6) is 0 Å². The third-order valence-electron chi connectivity index (χ3n) is 7.45. The average Bonchev–Trinajstić information content (AvgIpc) is 3.01. The van der Waals surface area contributed by atoms with Crippen LogP contribution in [0.4, 0.5) is 0 Å². The minimum absolute atomic E-state index is 0.716. The predicted octanol–water partition coefficient (Wildman–Crippen LogP) is 7.41. The van der Waals surface area contributed by atoms with Crippen molar-refractivity contribution in [2.75, 3.05) is 0 Å². The molecule has 0 aliphatic heterocycles. The van der Waals surface area contributed by atoms with Gasteiger partial charge >= 0.3 is 0 Å². The summed E-state index contributed by atoms with van der Waals surface area (Å²) in [5.41, 5.74) is 1.57. The quantitative estimate of drug-likeness (QED) is 0.238. The van der Waals surface area contributed by atoms with Crippen molar-refractivity contribution >= 4 is 10.8 Å². The molecule has 0 aliphatic carbocycles. The first-order valence-corrected chi connectivity index (χ1v) is 12.8. The van der Waals surface area contributed by atoms with Gasteiger partial charge in [-0.25, -0.2) is 0 Å². The molecule has 0 bridgehead atoms. The van der Waals surface area contributed by atoms with Crippen LogP contribution in [0, 0.1) is 0 Å². The third-order valence-corrected chi connectivity index (χ3v) is 7.45. The van der Waals surface area contributed by atoms with Gasteiger partial charge in [-0.2, -0.15) is 0 Å². The highest BCUT2D eigenvalue weighted by Crippen LogP contribution is 2.46. The Kier molecular flexibility index (Phi) is 6.13. The fraction of sp³-hybridized carbons (Fsp3) is 0.0556. The molecule has 0 aromatic heterocycles. The van der Waals surface area contributed by atoms with Crippen molar-refractivity contribution in [2.24, 2.45) is 0 Å². The summed E-state index contributed by atoms with van der Waals surface area (Å²) in [5.74, 6) is 0. The summed E-state index contributed by atoms with van der Waals surface area (Å²) >= 11 is 0. The van der Waals surface area contributed by atoms with Crippen molar-refractivity contribution in [2.45, 2.75) is 11.2 Å². The van der Waals surface area contributed by atoms with E-state index in [1.165, 1.54) is 0 Å². The summed E-state index contributed by atoms with van der Waals surface area (Å²) in [4.78, 5) is 0. The smallest absolute Gasteiger partial charge is 0.141 e. The second-order valence-electron chi connectivity index (χ2n) is 9.59. The van der Waals surface area contributed by atoms with Crippen LogP contribution in [0.3, 0.4) is 0 Å². The summed E-state index contributed by atoms with van der Waals surface area (Å²) in [5, 5.41) is 27.3. The van der Waals surface area contributed by atoms with Crippen LogP contribution in [0.2, 0.25) is 0 Å². The topological polar surface area (TPSA) is 40.5 Å². The molecule has 0 saturated heterocycles. The van der Waals surface area contributed by atoms with E-state index < -0.39 is 11.2 Å². The highest BCUT2D eigenvalue weighted by atomic mass is 16.3. The molecule has 0 atom stereocenters. The zero-order valence-electron chi connectivity index (χ0n) is 20.9. The van der Waals surface area contributed by atoms with E-state index in [4.69, 9.17) is 0 Å². The van der Waals surface area contributed by atoms with Gasteiger partial charge in [0.25, 0.3) is 0 Å². The Labute approximate surface area is 223 Å². The van der Waals surface area contributed by atoms with E-state index in [1.54, 1.807) is 0 Å². The van der Waals surface area contributed by atoms with Gasteiger partial charge in [-0.15, -0.1) is 0 Å². The molecule has 184 valence electrons. The summed E-state index contributed by atoms with van der Waals surface area (Å²) in [6, 6.07) is 51.0. The van der Waals surface area contributed by atoms with Gasteiger partial charge in [0.05, 0.1) is 0 Å². The number of hydrogen-bond donors (Lipinski definition) is 2. The standard InChI is InChI=1S/C36H28O2/c37-35(28-17-5-1-6-18-28,29-19-7-2-8-20-29)32-25-13-15-27-16-14-26-33(34(27)32)36(38,30-21-9-3-10-22-30)31-23-11-4-12-24-31/h1-26,37-38H. The monoisotopic (exact) mass is 492 g/mol. The SMILES string of the molecule is OC(c1ccccc1)(c1ccccc1)c1cccc2cccc(C(O)(c3ccccc3)c3ccccc3)c12. The summed E-state index contributed by atoms with van der Waals surface area (Å²) < 4.78 is 0. The molecule has 0 fully saturated rings. The van der Waals surface area contributed by atoms with E-state index in [0.717, 1.165) is 33.0 Å². The fourth-order valence-electron chi connectivity index (χ4n) is 5.62. The minimum Gasteiger partial charge on any atom is -0.376 e. The predicted molar refractivity (Wildman–Crippen MR) is 154 cm³/mol. The molecule has 0 aliphatic rings. The number of hydrogen-bond acceptors (Lipinski definition) is 2. The van der Waals surface area contributed by atoms with Gasteiger partial charge in [0.1, 0.15) is 11.2 Å². The highest BCUT2D eigenvalue weighted by molar-refractivity contribution is 5.92. The van der Waals surface area contributed by atoms with Crippen molar-refractivity contribution < 1.29 is 10.2 Å². The third kappa shape index (κ3) is 3.83. The first kappa shape index (κ1) is 23.9. The lowest BCUT2D eigenvalue weighted by atomic mass is 9.73. The molecule has 0 unspecified atom stereocenters. The summed E-state index contributed by atoms with van der Waals surface area (Å²) in [6.45, 7) is 0. The number of aliphatic hydroxyl groups is 2. The van der Waals surface area contributed by atoms with E-state index in [0.29, 0.717) is 11.1 Å². The molecule has 6 rings (SSSR count). The van der Waals surface area contributed by atoms with Crippen molar-refractivity contribution in [1.29, 1.82) is 0 Å². The Hall–Kier alpha value is -4.50. The first-order valence-electron chi connectivity index (χ1n) is 12.8. The maximum atomic E-state index is 12.8. The molecule has 0 radical (unpaired) electrons. The number of rotatable bonds is 6. The summed E-state index contributed by atoms with van der Waals surface area (Å²) in [6.07, 6.45) is 0. The van der Waals surface area contributed by atoms with E-state index in [9.17, 15) is 10.2 Å². The van der Waals surface area contributed by atoms with E-state index in [1.807, 2.05) is 158 Å². The molecule has 6 aromatic rings. The van der Waals surface area contributed by atoms with Crippen LogP contribution in [0.15, 0.2) is 158 Å². The maximum Gasteiger partial charge on any atom is 0.141 e. The summed E-state index contributed by atoms with van der Waals surface area (Å²) in [7, 11) is 0. The molecule has 0 heterocycles. The molecule has 2 N–H and O–H groups in total. The average molecular weight is 493 g/mol. The Morgan fingerprint density at radius 3 is 0.895 bits per heavy atom. The lowest BCUT2D eigenvalue weighted by Crippen LogP contribution is -2.32. The normalized spacial score (nSPS) is 11.9. The molecular formula is C36H28O2. The van der Waals surface area contributed by atoms with Crippen LogP contribution in [-0.4, -0.2) is 10.2 Å². The van der Waals surface area contributed by atoms with Gasteiger partial charge in [-0.05, 0) is 33.0 Å². The molecule has 2 heteroatoms. The Morgan fingerprint density at radius 2 is 0.605 bits per heavy atom. The van der Waals surface area contributed by atoms with Crippen LogP contribution >= 0.6 is 0 Å². The van der Waals surface area contributed by atoms with Crippen molar-refractivity contribution in [3.63, 3.8) is 0 Å². The Bertz CT molecular complexity index is 1460. The van der Waals surface area contributed by atoms with Crippen molar-refractivity contribution in [1.82, 2.24) is 0 Å². The van der Waals surface area contributed by atoms with Gasteiger partial charge in [0, 0.05) is 11.1 Å². The molecule has 0 amide bonds. The van der Waals surface area contributed by atoms with Gasteiger partial charge in [-0.3, -0.25) is 0 Å². The molecule has 2 nitrogen and oxygen atoms in total. The van der Waals surface area contributed by atoms with E-state index in [-0.39, 0.29) is 0 Å². The van der Waals surface area contributed by atoms with Crippen LogP contribution in [-0.2, 0) is 11.2 Å². The zero-order chi connectivity index (χ0) is 26.0. The van der Waals surface area contributed by atoms with Crippen LogP contribution in [0.1, 0.15) is 33.4 Å². The van der Waals surface area contributed by atoms with Crippen LogP contribution < -0.4 is 0 Å². The highest BCUT2D eigenvalue weighted by Gasteiger charge is 2.40. The molecule has 0 saturated carbocycles. The van der Waals surface area contributed by atoms with Gasteiger partial charge in [0.15, 0.2) is 0 Å². The van der Waals surface area contributed by atoms with Gasteiger partial charge in [0.2, 0.25) is 0 Å². The molecule has 0 spiro atoms. The Balaban J connectivity index is 1.74. The number of fused-ring (bicyclic) bond motifs is 1. The minimum atomic E-state index is -1.45. The number of benzene rings is 6. The maximum absolute atomic E-state index is 12.8. The second kappa shape index (κ2) is 9.75. The van der Waals surface area contributed by atoms with Crippen molar-refractivity contribution in [3.8, 4) is 0 Å². The van der Waals surface area contributed by atoms with E-state index >= 15 is 0 Å². The zero-order valence-corrected chi connectivity index (χ0v) is 20.9. The van der Waals surface area contributed by atoms with Crippen molar-refractivity contribution in [3.05, 3.63) is 191 Å². The lowest BCUT2D eigenvalue weighted by Gasteiger charge is -2.35. The van der Waals surface area contributed by atoms with Crippen LogP contribution in [0.25, 0.3) is 10.8 Å². The lowest BCUT2D eigenvalue weighted by molar-refractivity contribution is 0.122. The van der Waals surface area contributed by atoms with E-state index in [2.05, 4.69) is 0 Å². The largest absolute Gasteiger partial charge is 0.376 e. The first-order chi connectivity index (χ1) is 18.6. The molecule has 6 aromatic carbocycles.